The first-order valence-corrected chi connectivity index (χ1v) is 7.89. The lowest BCUT2D eigenvalue weighted by Crippen LogP contribution is -2.43. The van der Waals surface area contributed by atoms with Crippen molar-refractivity contribution in [1.29, 1.82) is 0 Å². The number of ether oxygens (including phenoxy) is 1. The number of rotatable bonds is 5. The van der Waals surface area contributed by atoms with Gasteiger partial charge in [-0.3, -0.25) is 4.79 Å². The van der Waals surface area contributed by atoms with E-state index in [4.69, 9.17) is 9.84 Å². The van der Waals surface area contributed by atoms with Crippen molar-refractivity contribution in [1.82, 2.24) is 10.2 Å². The summed E-state index contributed by atoms with van der Waals surface area (Å²) < 4.78 is 5.53. The van der Waals surface area contributed by atoms with Gasteiger partial charge in [0.05, 0.1) is 12.0 Å². The van der Waals surface area contributed by atoms with Gasteiger partial charge >= 0.3 is 12.0 Å². The first kappa shape index (κ1) is 16.1. The molecule has 6 heteroatoms. The Bertz CT molecular complexity index is 361. The van der Waals surface area contributed by atoms with Crippen molar-refractivity contribution in [2.24, 2.45) is 11.8 Å². The maximum absolute atomic E-state index is 12.0. The minimum Gasteiger partial charge on any atom is -0.481 e. The van der Waals surface area contributed by atoms with Crippen molar-refractivity contribution in [2.45, 2.75) is 44.6 Å². The number of nitrogens with zero attached hydrogens (tertiary/aromatic N) is 1. The zero-order chi connectivity index (χ0) is 15.2. The Labute approximate surface area is 125 Å². The van der Waals surface area contributed by atoms with Gasteiger partial charge in [0, 0.05) is 26.7 Å². The largest absolute Gasteiger partial charge is 0.481 e. The van der Waals surface area contributed by atoms with E-state index < -0.39 is 5.97 Å². The van der Waals surface area contributed by atoms with Gasteiger partial charge in [0.25, 0.3) is 0 Å². The van der Waals surface area contributed by atoms with Crippen LogP contribution in [0.5, 0.6) is 0 Å². The highest BCUT2D eigenvalue weighted by molar-refractivity contribution is 5.73. The lowest BCUT2D eigenvalue weighted by atomic mass is 9.82. The number of hydrogen-bond donors (Lipinski definition) is 2. The van der Waals surface area contributed by atoms with E-state index in [2.05, 4.69) is 5.32 Å². The van der Waals surface area contributed by atoms with Crippen molar-refractivity contribution in [2.75, 3.05) is 26.7 Å². The van der Waals surface area contributed by atoms with Crippen LogP contribution in [0.25, 0.3) is 0 Å². The van der Waals surface area contributed by atoms with Crippen molar-refractivity contribution >= 4 is 12.0 Å². The molecule has 21 heavy (non-hydrogen) atoms. The Hall–Kier alpha value is -1.30. The fourth-order valence-corrected chi connectivity index (χ4v) is 3.16. The fraction of sp³-hybridized carbons (Fsp3) is 0.867. The number of amides is 2. The molecule has 1 saturated carbocycles. The van der Waals surface area contributed by atoms with Crippen LogP contribution >= 0.6 is 0 Å². The number of aliphatic carboxylic acids is 1. The minimum absolute atomic E-state index is 0.0640. The standard InChI is InChI=1S/C15H26N2O4/c1-17(10-13-3-2-8-21-13)15(20)16-9-11-4-6-12(7-5-11)14(18)19/h11-13H,2-10H2,1H3,(H,16,20)(H,18,19). The summed E-state index contributed by atoms with van der Waals surface area (Å²) in [5.41, 5.74) is 0. The summed E-state index contributed by atoms with van der Waals surface area (Å²) >= 11 is 0. The van der Waals surface area contributed by atoms with Crippen molar-refractivity contribution in [3.05, 3.63) is 0 Å². The number of carbonyl (C=O) groups excluding carboxylic acids is 1. The number of urea groups is 1. The van der Waals surface area contributed by atoms with E-state index in [-0.39, 0.29) is 18.1 Å². The lowest BCUT2D eigenvalue weighted by Gasteiger charge is -2.27. The molecule has 1 atom stereocenters. The molecule has 1 saturated heterocycles. The summed E-state index contributed by atoms with van der Waals surface area (Å²) in [5.74, 6) is -0.478. The van der Waals surface area contributed by atoms with Crippen LogP contribution in [-0.4, -0.2) is 54.9 Å². The predicted octanol–water partition coefficient (Wildman–Crippen LogP) is 1.70. The summed E-state index contributed by atoms with van der Waals surface area (Å²) in [7, 11) is 1.79. The highest BCUT2D eigenvalue weighted by Gasteiger charge is 2.26. The molecular formula is C15H26N2O4. The third kappa shape index (κ3) is 4.88. The molecule has 2 rings (SSSR count). The number of likely N-dealkylation sites (N-methyl/N-ethyl adjacent to an activating group) is 1. The second-order valence-corrected chi connectivity index (χ2v) is 6.26. The Morgan fingerprint density at radius 3 is 2.52 bits per heavy atom. The van der Waals surface area contributed by atoms with Crippen LogP contribution in [0.1, 0.15) is 38.5 Å². The highest BCUT2D eigenvalue weighted by atomic mass is 16.5. The Balaban J connectivity index is 1.63. The molecule has 0 bridgehead atoms. The molecule has 0 aromatic carbocycles. The maximum atomic E-state index is 12.0. The van der Waals surface area contributed by atoms with Crippen LogP contribution < -0.4 is 5.32 Å². The second-order valence-electron chi connectivity index (χ2n) is 6.26. The van der Waals surface area contributed by atoms with E-state index in [1.807, 2.05) is 0 Å². The molecule has 120 valence electrons. The lowest BCUT2D eigenvalue weighted by molar-refractivity contribution is -0.143. The summed E-state index contributed by atoms with van der Waals surface area (Å²) in [4.78, 5) is 24.6. The van der Waals surface area contributed by atoms with Gasteiger partial charge in [0.1, 0.15) is 0 Å². The molecule has 1 aliphatic heterocycles. The average molecular weight is 298 g/mol. The number of hydrogen-bond acceptors (Lipinski definition) is 3. The van der Waals surface area contributed by atoms with E-state index in [1.54, 1.807) is 11.9 Å². The number of carboxylic acid groups (broad SMARTS) is 1. The Kier molecular flexibility index (Phi) is 5.85. The number of nitrogens with one attached hydrogen (secondary N) is 1. The van der Waals surface area contributed by atoms with E-state index in [0.29, 0.717) is 19.0 Å². The molecule has 0 spiro atoms. The van der Waals surface area contributed by atoms with Crippen LogP contribution in [0, 0.1) is 11.8 Å². The molecule has 2 aliphatic rings. The Morgan fingerprint density at radius 2 is 1.95 bits per heavy atom. The normalized spacial score (nSPS) is 29.1. The third-order valence-electron chi connectivity index (χ3n) is 4.59. The molecule has 1 unspecified atom stereocenters. The maximum Gasteiger partial charge on any atom is 0.317 e. The van der Waals surface area contributed by atoms with Crippen molar-refractivity contribution in [3.63, 3.8) is 0 Å². The van der Waals surface area contributed by atoms with E-state index >= 15 is 0 Å². The van der Waals surface area contributed by atoms with Gasteiger partial charge in [0.15, 0.2) is 0 Å². The summed E-state index contributed by atoms with van der Waals surface area (Å²) in [6.45, 7) is 2.07. The van der Waals surface area contributed by atoms with Crippen molar-refractivity contribution in [3.8, 4) is 0 Å². The topological polar surface area (TPSA) is 78.9 Å². The molecule has 0 aromatic rings. The molecule has 0 radical (unpaired) electrons. The summed E-state index contributed by atoms with van der Waals surface area (Å²) in [6, 6.07) is -0.0640. The van der Waals surface area contributed by atoms with E-state index in [1.165, 1.54) is 0 Å². The molecule has 2 fully saturated rings. The van der Waals surface area contributed by atoms with Gasteiger partial charge in [-0.25, -0.2) is 4.79 Å². The first-order chi connectivity index (χ1) is 10.1. The minimum atomic E-state index is -0.686. The summed E-state index contributed by atoms with van der Waals surface area (Å²) in [6.07, 6.45) is 5.48. The highest BCUT2D eigenvalue weighted by Crippen LogP contribution is 2.28. The predicted molar refractivity (Wildman–Crippen MR) is 78.1 cm³/mol. The molecular weight excluding hydrogens is 272 g/mol. The molecule has 0 aromatic heterocycles. The zero-order valence-electron chi connectivity index (χ0n) is 12.7. The van der Waals surface area contributed by atoms with Gasteiger partial charge < -0.3 is 20.1 Å². The zero-order valence-corrected chi connectivity index (χ0v) is 12.7. The molecule has 2 amide bonds. The molecule has 2 N–H and O–H groups in total. The molecule has 1 heterocycles. The van der Waals surface area contributed by atoms with Crippen LogP contribution in [0.2, 0.25) is 0 Å². The number of carbonyl (C=O) groups is 2. The van der Waals surface area contributed by atoms with Gasteiger partial charge in [-0.2, -0.15) is 0 Å². The van der Waals surface area contributed by atoms with E-state index in [9.17, 15) is 9.59 Å². The van der Waals surface area contributed by atoms with Crippen LogP contribution in [0.4, 0.5) is 4.79 Å². The average Bonchev–Trinajstić information content (AvgIpc) is 2.98. The van der Waals surface area contributed by atoms with Gasteiger partial charge in [-0.1, -0.05) is 0 Å². The molecule has 6 nitrogen and oxygen atoms in total. The van der Waals surface area contributed by atoms with Crippen LogP contribution in [0.3, 0.4) is 0 Å². The van der Waals surface area contributed by atoms with Crippen LogP contribution in [0.15, 0.2) is 0 Å². The third-order valence-corrected chi connectivity index (χ3v) is 4.59. The Morgan fingerprint density at radius 1 is 1.24 bits per heavy atom. The van der Waals surface area contributed by atoms with Gasteiger partial charge in [-0.05, 0) is 44.4 Å². The van der Waals surface area contributed by atoms with Crippen LogP contribution in [-0.2, 0) is 9.53 Å². The monoisotopic (exact) mass is 298 g/mol. The smallest absolute Gasteiger partial charge is 0.317 e. The van der Waals surface area contributed by atoms with Gasteiger partial charge in [0.2, 0.25) is 0 Å². The summed E-state index contributed by atoms with van der Waals surface area (Å²) in [5, 5.41) is 11.9. The SMILES string of the molecule is CN(CC1CCCO1)C(=O)NCC1CCC(C(=O)O)CC1. The molecule has 1 aliphatic carbocycles. The van der Waals surface area contributed by atoms with Gasteiger partial charge in [-0.15, -0.1) is 0 Å². The van der Waals surface area contributed by atoms with E-state index in [0.717, 1.165) is 45.1 Å². The quantitative estimate of drug-likeness (QED) is 0.809. The first-order valence-electron chi connectivity index (χ1n) is 7.89. The second kappa shape index (κ2) is 7.64. The number of carboxylic acids is 1. The fourth-order valence-electron chi connectivity index (χ4n) is 3.16. The van der Waals surface area contributed by atoms with Crippen molar-refractivity contribution < 1.29 is 19.4 Å².